The molecule has 1 aromatic heterocycles. The molecule has 2 aromatic carbocycles. The van der Waals surface area contributed by atoms with Gasteiger partial charge in [0.05, 0.1) is 16.4 Å². The van der Waals surface area contributed by atoms with Gasteiger partial charge < -0.3 is 4.57 Å². The molecule has 0 amide bonds. The normalized spacial score (nSPS) is 12.5. The number of hydrogen-bond donors (Lipinski definition) is 1. The van der Waals surface area contributed by atoms with E-state index in [0.717, 1.165) is 21.7 Å². The Balaban J connectivity index is 2.16. The first-order valence-electron chi connectivity index (χ1n) is 7.51. The lowest BCUT2D eigenvalue weighted by atomic mass is 10.2. The van der Waals surface area contributed by atoms with Gasteiger partial charge >= 0.3 is 0 Å². The fourth-order valence-corrected chi connectivity index (χ4v) is 4.51. The first kappa shape index (κ1) is 17.9. The average Bonchev–Trinajstić information content (AvgIpc) is 2.97. The minimum atomic E-state index is -3.89. The van der Waals surface area contributed by atoms with Gasteiger partial charge in [0.1, 0.15) is 4.90 Å². The second kappa shape index (κ2) is 7.13. The Morgan fingerprint density at radius 2 is 1.92 bits per heavy atom. The summed E-state index contributed by atoms with van der Waals surface area (Å²) in [5, 5.41) is 7.30. The number of benzene rings is 2. The van der Waals surface area contributed by atoms with Crippen molar-refractivity contribution in [3.63, 3.8) is 0 Å². The summed E-state index contributed by atoms with van der Waals surface area (Å²) in [4.78, 5) is 5.41. The van der Waals surface area contributed by atoms with E-state index in [0.29, 0.717) is 6.54 Å². The monoisotopic (exact) mass is 393 g/mol. The molecule has 0 aliphatic heterocycles. The summed E-state index contributed by atoms with van der Waals surface area (Å²) < 4.78 is 25.4. The summed E-state index contributed by atoms with van der Waals surface area (Å²) in [5.74, 6) is 0. The molecular formula is C17H16ClN3O2S2. The summed E-state index contributed by atoms with van der Waals surface area (Å²) in [6, 6.07) is 14.5. The third-order valence-corrected chi connectivity index (χ3v) is 5.88. The van der Waals surface area contributed by atoms with E-state index in [1.807, 2.05) is 47.2 Å². The zero-order valence-electron chi connectivity index (χ0n) is 13.4. The van der Waals surface area contributed by atoms with Crippen LogP contribution in [0.15, 0.2) is 63.8 Å². The van der Waals surface area contributed by atoms with E-state index >= 15 is 0 Å². The number of sulfonamides is 1. The van der Waals surface area contributed by atoms with Crippen LogP contribution >= 0.6 is 22.9 Å². The molecule has 0 fully saturated rings. The maximum atomic E-state index is 11.7. The Labute approximate surface area is 155 Å². The van der Waals surface area contributed by atoms with E-state index in [-0.39, 0.29) is 9.92 Å². The van der Waals surface area contributed by atoms with Crippen LogP contribution in [0.2, 0.25) is 5.02 Å². The number of aromatic nitrogens is 1. The number of nitrogens with zero attached hydrogens (tertiary/aromatic N) is 2. The highest BCUT2D eigenvalue weighted by Gasteiger charge is 2.16. The van der Waals surface area contributed by atoms with Gasteiger partial charge in [-0.15, -0.1) is 11.3 Å². The zero-order chi connectivity index (χ0) is 18.0. The van der Waals surface area contributed by atoms with Gasteiger partial charge in [0.15, 0.2) is 4.80 Å². The van der Waals surface area contributed by atoms with Crippen LogP contribution in [0.25, 0.3) is 11.3 Å². The minimum absolute atomic E-state index is 0.0814. The quantitative estimate of drug-likeness (QED) is 0.732. The molecule has 0 saturated heterocycles. The molecule has 3 aromatic rings. The third kappa shape index (κ3) is 3.85. The van der Waals surface area contributed by atoms with Crippen molar-refractivity contribution in [2.75, 3.05) is 0 Å². The number of nitrogens with two attached hydrogens (primary N) is 1. The van der Waals surface area contributed by atoms with E-state index in [1.165, 1.54) is 17.4 Å². The van der Waals surface area contributed by atoms with Crippen molar-refractivity contribution in [2.24, 2.45) is 10.1 Å². The van der Waals surface area contributed by atoms with Gasteiger partial charge in [-0.3, -0.25) is 0 Å². The Morgan fingerprint density at radius 3 is 2.56 bits per heavy atom. The van der Waals surface area contributed by atoms with Crippen LogP contribution in [0.1, 0.15) is 6.92 Å². The highest BCUT2D eigenvalue weighted by atomic mass is 35.5. The molecule has 3 rings (SSSR count). The number of rotatable bonds is 4. The molecule has 0 spiro atoms. The Bertz CT molecular complexity index is 1070. The van der Waals surface area contributed by atoms with E-state index < -0.39 is 10.0 Å². The molecule has 8 heteroatoms. The van der Waals surface area contributed by atoms with Crippen LogP contribution in [0.4, 0.5) is 5.69 Å². The first-order chi connectivity index (χ1) is 11.9. The van der Waals surface area contributed by atoms with Gasteiger partial charge in [0.2, 0.25) is 10.0 Å². The van der Waals surface area contributed by atoms with Crippen LogP contribution in [-0.4, -0.2) is 13.0 Å². The zero-order valence-corrected chi connectivity index (χ0v) is 15.8. The van der Waals surface area contributed by atoms with Gasteiger partial charge in [0.25, 0.3) is 0 Å². The molecule has 130 valence electrons. The maximum Gasteiger partial charge on any atom is 0.239 e. The fourth-order valence-electron chi connectivity index (χ4n) is 2.45. The number of thiazole rings is 1. The number of primary sulfonamides is 1. The molecule has 1 heterocycles. The molecular weight excluding hydrogens is 378 g/mol. The number of para-hydroxylation sites is 1. The lowest BCUT2D eigenvalue weighted by Crippen LogP contribution is -2.15. The smallest absolute Gasteiger partial charge is 0.239 e. The highest BCUT2D eigenvalue weighted by molar-refractivity contribution is 7.89. The van der Waals surface area contributed by atoms with Crippen molar-refractivity contribution < 1.29 is 8.42 Å². The van der Waals surface area contributed by atoms with Gasteiger partial charge in [-0.2, -0.15) is 0 Å². The summed E-state index contributed by atoms with van der Waals surface area (Å²) in [5.41, 5.74) is 2.45. The van der Waals surface area contributed by atoms with Gasteiger partial charge in [-0.1, -0.05) is 35.9 Å². The second-order valence-electron chi connectivity index (χ2n) is 5.29. The van der Waals surface area contributed by atoms with Crippen LogP contribution in [0.5, 0.6) is 0 Å². The van der Waals surface area contributed by atoms with Crippen molar-refractivity contribution >= 4 is 38.6 Å². The van der Waals surface area contributed by atoms with Gasteiger partial charge in [-0.25, -0.2) is 18.5 Å². The molecule has 0 unspecified atom stereocenters. The summed E-state index contributed by atoms with van der Waals surface area (Å²) in [6.07, 6.45) is 0. The lowest BCUT2D eigenvalue weighted by Gasteiger charge is -2.09. The predicted octanol–water partition coefficient (Wildman–Crippen LogP) is 3.77. The van der Waals surface area contributed by atoms with Crippen molar-refractivity contribution in [1.29, 1.82) is 0 Å². The largest absolute Gasteiger partial charge is 0.317 e. The molecule has 0 aliphatic rings. The van der Waals surface area contributed by atoms with Gasteiger partial charge in [0, 0.05) is 17.5 Å². The molecule has 0 saturated carbocycles. The van der Waals surface area contributed by atoms with Crippen molar-refractivity contribution in [3.8, 4) is 11.3 Å². The van der Waals surface area contributed by atoms with Crippen molar-refractivity contribution in [2.45, 2.75) is 18.4 Å². The number of halogens is 1. The fraction of sp³-hybridized carbons (Fsp3) is 0.118. The summed E-state index contributed by atoms with van der Waals surface area (Å²) >= 11 is 7.46. The molecule has 5 nitrogen and oxygen atoms in total. The molecule has 0 radical (unpaired) electrons. The summed E-state index contributed by atoms with van der Waals surface area (Å²) in [6.45, 7) is 2.70. The lowest BCUT2D eigenvalue weighted by molar-refractivity contribution is 0.598. The second-order valence-corrected chi connectivity index (χ2v) is 8.06. The summed E-state index contributed by atoms with van der Waals surface area (Å²) in [7, 11) is -3.89. The maximum absolute atomic E-state index is 11.7. The van der Waals surface area contributed by atoms with Crippen LogP contribution in [0.3, 0.4) is 0 Å². The van der Waals surface area contributed by atoms with E-state index in [2.05, 4.69) is 4.99 Å². The Hall–Kier alpha value is -1.93. The Morgan fingerprint density at radius 1 is 1.20 bits per heavy atom. The molecule has 0 bridgehead atoms. The van der Waals surface area contributed by atoms with E-state index in [1.54, 1.807) is 12.1 Å². The van der Waals surface area contributed by atoms with E-state index in [9.17, 15) is 8.42 Å². The van der Waals surface area contributed by atoms with Gasteiger partial charge in [-0.05, 0) is 31.2 Å². The molecule has 25 heavy (non-hydrogen) atoms. The average molecular weight is 394 g/mol. The third-order valence-electron chi connectivity index (χ3n) is 3.63. The molecule has 0 aliphatic carbocycles. The van der Waals surface area contributed by atoms with E-state index in [4.69, 9.17) is 16.7 Å². The topological polar surface area (TPSA) is 77.5 Å². The van der Waals surface area contributed by atoms with Crippen LogP contribution < -0.4 is 9.94 Å². The van der Waals surface area contributed by atoms with Crippen LogP contribution in [-0.2, 0) is 16.6 Å². The number of hydrogen-bond acceptors (Lipinski definition) is 4. The SMILES string of the molecule is CCn1c(-c2ccc(Cl)c(S(N)(=O)=O)c2)csc1=Nc1ccccc1. The Kier molecular flexibility index (Phi) is 5.10. The standard InChI is InChI=1S/C17H16ClN3O2S2/c1-2-21-15(11-24-17(21)20-13-6-4-3-5-7-13)12-8-9-14(18)16(10-12)25(19,22)23/h3-11H,2H2,1H3,(H2,19,22,23). The minimum Gasteiger partial charge on any atom is -0.317 e. The predicted molar refractivity (Wildman–Crippen MR) is 101 cm³/mol. The van der Waals surface area contributed by atoms with Crippen molar-refractivity contribution in [3.05, 3.63) is 63.7 Å². The van der Waals surface area contributed by atoms with Crippen molar-refractivity contribution in [1.82, 2.24) is 4.57 Å². The molecule has 0 atom stereocenters. The van der Waals surface area contributed by atoms with Crippen LogP contribution in [0, 0.1) is 0 Å². The molecule has 2 N–H and O–H groups in total. The highest BCUT2D eigenvalue weighted by Crippen LogP contribution is 2.28. The first-order valence-corrected chi connectivity index (χ1v) is 10.3.